The third-order valence-corrected chi connectivity index (χ3v) is 5.48. The molecule has 0 unspecified atom stereocenters. The molecule has 0 radical (unpaired) electrons. The number of hydrogen-bond donors (Lipinski definition) is 1. The number of anilines is 3. The molecule has 5 rings (SSSR count). The van der Waals surface area contributed by atoms with Crippen molar-refractivity contribution in [1.29, 1.82) is 0 Å². The Morgan fingerprint density at radius 1 is 1.22 bits per heavy atom. The second-order valence-electron chi connectivity index (χ2n) is 7.10. The normalized spacial score (nSPS) is 19.0. The van der Waals surface area contributed by atoms with Crippen LogP contribution in [-0.4, -0.2) is 35.8 Å². The molecule has 0 saturated heterocycles. The molecule has 4 heterocycles. The summed E-state index contributed by atoms with van der Waals surface area (Å²) >= 11 is 0. The van der Waals surface area contributed by atoms with Crippen molar-refractivity contribution in [1.82, 2.24) is 29.7 Å². The zero-order valence-corrected chi connectivity index (χ0v) is 15.3. The van der Waals surface area contributed by atoms with Crippen LogP contribution >= 0.6 is 0 Å². The highest BCUT2D eigenvalue weighted by Gasteiger charge is 2.38. The number of hydrogen-bond acceptors (Lipinski definition) is 7. The van der Waals surface area contributed by atoms with Gasteiger partial charge in [-0.1, -0.05) is 19.8 Å². The van der Waals surface area contributed by atoms with E-state index in [2.05, 4.69) is 37.3 Å². The van der Waals surface area contributed by atoms with E-state index in [0.717, 1.165) is 29.4 Å². The van der Waals surface area contributed by atoms with Gasteiger partial charge >= 0.3 is 0 Å². The molecule has 0 spiro atoms. The Labute approximate surface area is 157 Å². The lowest BCUT2D eigenvalue weighted by Gasteiger charge is -2.40. The molecular formula is C19H22N8. The van der Waals surface area contributed by atoms with E-state index < -0.39 is 0 Å². The maximum atomic E-state index is 4.91. The average Bonchev–Trinajstić information content (AvgIpc) is 3.39. The summed E-state index contributed by atoms with van der Waals surface area (Å²) in [6.45, 7) is 2.20. The molecule has 8 nitrogen and oxygen atoms in total. The molecule has 3 aromatic heterocycles. The van der Waals surface area contributed by atoms with Crippen LogP contribution in [-0.2, 0) is 0 Å². The standard InChI is InChI=1S/C19H22N8/c1-2-15-18-25-22-12-26(18)16-11-21-19(23-13-6-5-9-20-10-13)24-17(16)27(15)14-7-3-4-8-14/h5-6,9-12,14-15H,2-4,7-8H2,1H3,(H,21,23,24)/t15-/m1/s1. The van der Waals surface area contributed by atoms with E-state index in [-0.39, 0.29) is 6.04 Å². The van der Waals surface area contributed by atoms with Crippen LogP contribution in [0.4, 0.5) is 17.5 Å². The first-order valence-corrected chi connectivity index (χ1v) is 9.58. The third-order valence-electron chi connectivity index (χ3n) is 5.48. The predicted molar refractivity (Wildman–Crippen MR) is 102 cm³/mol. The van der Waals surface area contributed by atoms with E-state index in [9.17, 15) is 0 Å². The lowest BCUT2D eigenvalue weighted by Crippen LogP contribution is -2.42. The lowest BCUT2D eigenvalue weighted by atomic mass is 10.0. The molecule has 138 valence electrons. The van der Waals surface area contributed by atoms with Gasteiger partial charge in [0.15, 0.2) is 11.6 Å². The summed E-state index contributed by atoms with van der Waals surface area (Å²) in [5, 5.41) is 11.8. The Morgan fingerprint density at radius 3 is 2.89 bits per heavy atom. The van der Waals surface area contributed by atoms with Crippen molar-refractivity contribution in [3.63, 3.8) is 0 Å². The number of fused-ring (bicyclic) bond motifs is 3. The quantitative estimate of drug-likeness (QED) is 0.761. The number of aromatic nitrogens is 6. The molecule has 8 heteroatoms. The Bertz CT molecular complexity index is 932. The maximum absolute atomic E-state index is 4.91. The van der Waals surface area contributed by atoms with Crippen molar-refractivity contribution in [3.8, 4) is 5.69 Å². The Hall–Kier alpha value is -3.03. The highest BCUT2D eigenvalue weighted by atomic mass is 15.4. The Balaban J connectivity index is 1.60. The second-order valence-corrected chi connectivity index (χ2v) is 7.10. The van der Waals surface area contributed by atoms with Crippen molar-refractivity contribution in [2.24, 2.45) is 0 Å². The summed E-state index contributed by atoms with van der Waals surface area (Å²) in [6, 6.07) is 4.52. The van der Waals surface area contributed by atoms with Gasteiger partial charge in [0.25, 0.3) is 0 Å². The molecule has 1 aliphatic heterocycles. The lowest BCUT2D eigenvalue weighted by molar-refractivity contribution is 0.469. The van der Waals surface area contributed by atoms with E-state index >= 15 is 0 Å². The fraction of sp³-hybridized carbons (Fsp3) is 0.421. The van der Waals surface area contributed by atoms with E-state index in [1.807, 2.05) is 22.9 Å². The summed E-state index contributed by atoms with van der Waals surface area (Å²) < 4.78 is 2.03. The van der Waals surface area contributed by atoms with Gasteiger partial charge in [0.2, 0.25) is 5.95 Å². The van der Waals surface area contributed by atoms with Crippen molar-refractivity contribution in [2.45, 2.75) is 51.1 Å². The van der Waals surface area contributed by atoms with Crippen LogP contribution in [0.1, 0.15) is 50.9 Å². The first-order chi connectivity index (χ1) is 13.3. The number of rotatable bonds is 4. The summed E-state index contributed by atoms with van der Waals surface area (Å²) in [4.78, 5) is 16.0. The molecule has 1 fully saturated rings. The predicted octanol–water partition coefficient (Wildman–Crippen LogP) is 3.41. The van der Waals surface area contributed by atoms with Crippen LogP contribution in [0, 0.1) is 0 Å². The van der Waals surface area contributed by atoms with Gasteiger partial charge in [0, 0.05) is 12.2 Å². The molecule has 3 aromatic rings. The summed E-state index contributed by atoms with van der Waals surface area (Å²) in [6.07, 6.45) is 13.0. The number of pyridine rings is 1. The molecule has 0 aromatic carbocycles. The average molecular weight is 362 g/mol. The fourth-order valence-corrected chi connectivity index (χ4v) is 4.27. The highest BCUT2D eigenvalue weighted by Crippen LogP contribution is 2.42. The van der Waals surface area contributed by atoms with Crippen molar-refractivity contribution >= 4 is 17.5 Å². The van der Waals surface area contributed by atoms with Crippen LogP contribution < -0.4 is 10.2 Å². The summed E-state index contributed by atoms with van der Waals surface area (Å²) in [5.41, 5.74) is 1.82. The minimum Gasteiger partial charge on any atom is -0.341 e. The molecule has 0 bridgehead atoms. The molecule has 2 aliphatic rings. The zero-order chi connectivity index (χ0) is 18.2. The van der Waals surface area contributed by atoms with Gasteiger partial charge in [-0.15, -0.1) is 10.2 Å². The van der Waals surface area contributed by atoms with Gasteiger partial charge in [0.1, 0.15) is 12.0 Å². The van der Waals surface area contributed by atoms with Crippen LogP contribution in [0.25, 0.3) is 5.69 Å². The maximum Gasteiger partial charge on any atom is 0.229 e. The number of nitrogens with one attached hydrogen (secondary N) is 1. The molecule has 0 amide bonds. The van der Waals surface area contributed by atoms with Crippen LogP contribution in [0.5, 0.6) is 0 Å². The van der Waals surface area contributed by atoms with Gasteiger partial charge in [-0.2, -0.15) is 4.98 Å². The van der Waals surface area contributed by atoms with Gasteiger partial charge in [0.05, 0.1) is 24.1 Å². The van der Waals surface area contributed by atoms with Gasteiger partial charge in [-0.25, -0.2) is 4.98 Å². The highest BCUT2D eigenvalue weighted by molar-refractivity contribution is 5.65. The SMILES string of the molecule is CC[C@@H]1c2nncn2-c2cnc(Nc3cccnc3)nc2N1C1CCCC1. The van der Waals surface area contributed by atoms with E-state index in [0.29, 0.717) is 12.0 Å². The van der Waals surface area contributed by atoms with Crippen LogP contribution in [0.3, 0.4) is 0 Å². The summed E-state index contributed by atoms with van der Waals surface area (Å²) in [5.74, 6) is 2.52. The molecule has 1 aliphatic carbocycles. The molecule has 1 saturated carbocycles. The topological polar surface area (TPSA) is 84.7 Å². The van der Waals surface area contributed by atoms with Crippen LogP contribution in [0.15, 0.2) is 37.1 Å². The first-order valence-electron chi connectivity index (χ1n) is 9.58. The largest absolute Gasteiger partial charge is 0.341 e. The zero-order valence-electron chi connectivity index (χ0n) is 15.3. The van der Waals surface area contributed by atoms with Gasteiger partial charge in [-0.05, 0) is 31.4 Å². The second kappa shape index (κ2) is 6.61. The molecule has 1 atom stereocenters. The van der Waals surface area contributed by atoms with Gasteiger partial charge in [-0.3, -0.25) is 9.55 Å². The molecule has 27 heavy (non-hydrogen) atoms. The van der Waals surface area contributed by atoms with E-state index in [4.69, 9.17) is 4.98 Å². The Kier molecular flexibility index (Phi) is 3.95. The molecule has 1 N–H and O–H groups in total. The van der Waals surface area contributed by atoms with Gasteiger partial charge < -0.3 is 10.2 Å². The fourth-order valence-electron chi connectivity index (χ4n) is 4.27. The van der Waals surface area contributed by atoms with Crippen molar-refractivity contribution in [3.05, 3.63) is 42.9 Å². The minimum atomic E-state index is 0.184. The number of nitrogens with zero attached hydrogens (tertiary/aromatic N) is 7. The van der Waals surface area contributed by atoms with E-state index in [1.54, 1.807) is 18.7 Å². The van der Waals surface area contributed by atoms with E-state index in [1.165, 1.54) is 25.7 Å². The van der Waals surface area contributed by atoms with Crippen molar-refractivity contribution < 1.29 is 0 Å². The summed E-state index contributed by atoms with van der Waals surface area (Å²) in [7, 11) is 0. The van der Waals surface area contributed by atoms with Crippen LogP contribution in [0.2, 0.25) is 0 Å². The first kappa shape index (κ1) is 16.2. The molecular weight excluding hydrogens is 340 g/mol. The smallest absolute Gasteiger partial charge is 0.229 e. The minimum absolute atomic E-state index is 0.184. The Morgan fingerprint density at radius 2 is 2.11 bits per heavy atom. The van der Waals surface area contributed by atoms with Crippen molar-refractivity contribution in [2.75, 3.05) is 10.2 Å². The monoisotopic (exact) mass is 362 g/mol. The third kappa shape index (κ3) is 2.72.